The first kappa shape index (κ1) is 15.4. The van der Waals surface area contributed by atoms with Crippen LogP contribution in [-0.4, -0.2) is 63.1 Å². The summed E-state index contributed by atoms with van der Waals surface area (Å²) in [6, 6.07) is 1.77. The Kier molecular flexibility index (Phi) is 4.72. The summed E-state index contributed by atoms with van der Waals surface area (Å²) in [5.41, 5.74) is 0. The van der Waals surface area contributed by atoms with Crippen LogP contribution in [0.3, 0.4) is 0 Å². The largest absolute Gasteiger partial charge is 0.230 e. The predicted molar refractivity (Wildman–Crippen MR) is 66.6 cm³/mol. The Balaban J connectivity index is 2.78. The van der Waals surface area contributed by atoms with E-state index in [1.165, 1.54) is 8.61 Å². The van der Waals surface area contributed by atoms with E-state index in [2.05, 4.69) is 0 Å². The molecule has 0 amide bonds. The summed E-state index contributed by atoms with van der Waals surface area (Å²) in [5, 5.41) is 7.76. The van der Waals surface area contributed by atoms with E-state index in [1.807, 2.05) is 0 Å². The molecule has 0 bridgehead atoms. The average Bonchev–Trinajstić information content (AvgIpc) is 2.29. The van der Waals surface area contributed by atoms with Crippen molar-refractivity contribution in [2.75, 3.05) is 32.4 Å². The number of rotatable bonds is 4. The highest BCUT2D eigenvalue weighted by molar-refractivity contribution is 7.90. The van der Waals surface area contributed by atoms with Gasteiger partial charge in [-0.15, -0.1) is 0 Å². The van der Waals surface area contributed by atoms with Gasteiger partial charge in [-0.3, -0.25) is 0 Å². The van der Waals surface area contributed by atoms with E-state index in [0.29, 0.717) is 0 Å². The van der Waals surface area contributed by atoms with Gasteiger partial charge in [0.05, 0.1) is 12.3 Å². The highest BCUT2D eigenvalue weighted by Crippen LogP contribution is 2.15. The van der Waals surface area contributed by atoms with E-state index in [-0.39, 0.29) is 32.6 Å². The zero-order valence-electron chi connectivity index (χ0n) is 10.4. The summed E-state index contributed by atoms with van der Waals surface area (Å²) in [7, 11) is -6.92. The number of sulfonamides is 2. The second kappa shape index (κ2) is 5.52. The van der Waals surface area contributed by atoms with Crippen LogP contribution in [0.5, 0.6) is 0 Å². The second-order valence-electron chi connectivity index (χ2n) is 4.13. The maximum Gasteiger partial charge on any atom is 0.230 e. The van der Waals surface area contributed by atoms with E-state index in [1.54, 1.807) is 13.0 Å². The molecule has 7 nitrogen and oxygen atoms in total. The minimum absolute atomic E-state index is 0.105. The molecular formula is C9H17N3O4S2. The van der Waals surface area contributed by atoms with Gasteiger partial charge in [-0.2, -0.15) is 13.9 Å². The van der Waals surface area contributed by atoms with Crippen LogP contribution in [0.15, 0.2) is 0 Å². The normalized spacial score (nSPS) is 21.4. The second-order valence-corrected chi connectivity index (χ2v) is 8.23. The summed E-state index contributed by atoms with van der Waals surface area (Å²) in [4.78, 5) is 0. The van der Waals surface area contributed by atoms with Crippen molar-refractivity contribution >= 4 is 20.0 Å². The summed E-state index contributed by atoms with van der Waals surface area (Å²) in [6.07, 6.45) is 1.33. The Bertz CT molecular complexity index is 527. The minimum atomic E-state index is -3.64. The summed E-state index contributed by atoms with van der Waals surface area (Å²) >= 11 is 0. The fraction of sp³-hybridized carbons (Fsp3) is 0.889. The molecule has 0 aromatic heterocycles. The molecule has 1 unspecified atom stereocenters. The van der Waals surface area contributed by atoms with Crippen molar-refractivity contribution in [2.24, 2.45) is 0 Å². The van der Waals surface area contributed by atoms with Crippen LogP contribution in [0, 0.1) is 11.3 Å². The molecule has 0 aliphatic carbocycles. The molecule has 9 heteroatoms. The molecule has 1 aliphatic heterocycles. The van der Waals surface area contributed by atoms with Crippen LogP contribution in [-0.2, 0) is 20.0 Å². The van der Waals surface area contributed by atoms with Gasteiger partial charge in [-0.1, -0.05) is 6.92 Å². The lowest BCUT2D eigenvalue weighted by Crippen LogP contribution is -2.52. The SMILES string of the molecule is CCC(C#N)S(=O)(=O)N1CCN(S(C)(=O)=O)CC1. The van der Waals surface area contributed by atoms with Gasteiger partial charge in [-0.05, 0) is 6.42 Å². The van der Waals surface area contributed by atoms with Crippen LogP contribution in [0.2, 0.25) is 0 Å². The third kappa shape index (κ3) is 3.20. The van der Waals surface area contributed by atoms with E-state index in [9.17, 15) is 16.8 Å². The highest BCUT2D eigenvalue weighted by atomic mass is 32.2. The molecule has 18 heavy (non-hydrogen) atoms. The van der Waals surface area contributed by atoms with Crippen molar-refractivity contribution in [3.05, 3.63) is 0 Å². The lowest BCUT2D eigenvalue weighted by Gasteiger charge is -2.33. The predicted octanol–water partition coefficient (Wildman–Crippen LogP) is -0.804. The molecule has 1 heterocycles. The van der Waals surface area contributed by atoms with E-state index >= 15 is 0 Å². The first-order valence-corrected chi connectivity index (χ1v) is 8.92. The van der Waals surface area contributed by atoms with E-state index in [4.69, 9.17) is 5.26 Å². The Morgan fingerprint density at radius 2 is 1.56 bits per heavy atom. The first-order chi connectivity index (χ1) is 8.23. The van der Waals surface area contributed by atoms with Crippen LogP contribution in [0.1, 0.15) is 13.3 Å². The Labute approximate surface area is 108 Å². The van der Waals surface area contributed by atoms with Gasteiger partial charge in [0.2, 0.25) is 20.0 Å². The smallest absolute Gasteiger partial charge is 0.213 e. The molecule has 0 aromatic carbocycles. The lowest BCUT2D eigenvalue weighted by atomic mass is 10.4. The standard InChI is InChI=1S/C9H17N3O4S2/c1-3-9(8-10)18(15,16)12-6-4-11(5-7-12)17(2,13)14/h9H,3-7H2,1-2H3. The Morgan fingerprint density at radius 3 is 1.89 bits per heavy atom. The fourth-order valence-electron chi connectivity index (χ4n) is 1.80. The van der Waals surface area contributed by atoms with Crippen molar-refractivity contribution < 1.29 is 16.8 Å². The number of hydrogen-bond acceptors (Lipinski definition) is 5. The molecule has 1 aliphatic rings. The maximum atomic E-state index is 12.0. The zero-order valence-corrected chi connectivity index (χ0v) is 12.0. The Hall–Kier alpha value is -0.690. The van der Waals surface area contributed by atoms with Gasteiger partial charge < -0.3 is 0 Å². The molecule has 0 aromatic rings. The first-order valence-electron chi connectivity index (χ1n) is 5.57. The number of nitriles is 1. The molecule has 0 radical (unpaired) electrons. The molecule has 0 N–H and O–H groups in total. The monoisotopic (exact) mass is 295 g/mol. The van der Waals surface area contributed by atoms with E-state index in [0.717, 1.165) is 6.26 Å². The van der Waals surface area contributed by atoms with Gasteiger partial charge in [0.25, 0.3) is 0 Å². The van der Waals surface area contributed by atoms with Crippen LogP contribution in [0.4, 0.5) is 0 Å². The van der Waals surface area contributed by atoms with Gasteiger partial charge in [0.15, 0.2) is 5.25 Å². The van der Waals surface area contributed by atoms with Crippen molar-refractivity contribution in [2.45, 2.75) is 18.6 Å². The van der Waals surface area contributed by atoms with Crippen LogP contribution >= 0.6 is 0 Å². The minimum Gasteiger partial charge on any atom is -0.213 e. The molecule has 1 saturated heterocycles. The van der Waals surface area contributed by atoms with Crippen molar-refractivity contribution in [1.29, 1.82) is 5.26 Å². The van der Waals surface area contributed by atoms with Gasteiger partial charge in [-0.25, -0.2) is 16.8 Å². The number of hydrogen-bond donors (Lipinski definition) is 0. The van der Waals surface area contributed by atoms with E-state index < -0.39 is 25.3 Å². The third-order valence-corrected chi connectivity index (χ3v) is 6.45. The van der Waals surface area contributed by atoms with Crippen molar-refractivity contribution in [3.63, 3.8) is 0 Å². The van der Waals surface area contributed by atoms with Crippen molar-refractivity contribution in [3.8, 4) is 6.07 Å². The maximum absolute atomic E-state index is 12.0. The Morgan fingerprint density at radius 1 is 1.11 bits per heavy atom. The van der Waals surface area contributed by atoms with Gasteiger partial charge >= 0.3 is 0 Å². The molecule has 0 spiro atoms. The zero-order chi connectivity index (χ0) is 14.0. The molecule has 0 saturated carbocycles. The van der Waals surface area contributed by atoms with Gasteiger partial charge in [0.1, 0.15) is 0 Å². The highest BCUT2D eigenvalue weighted by Gasteiger charge is 2.34. The van der Waals surface area contributed by atoms with Crippen molar-refractivity contribution in [1.82, 2.24) is 8.61 Å². The molecule has 1 atom stereocenters. The summed E-state index contributed by atoms with van der Waals surface area (Å²) in [6.45, 7) is 2.12. The molecule has 1 rings (SSSR count). The lowest BCUT2D eigenvalue weighted by molar-refractivity contribution is 0.273. The number of piperazine rings is 1. The average molecular weight is 295 g/mol. The molecular weight excluding hydrogens is 278 g/mol. The quantitative estimate of drug-likeness (QED) is 0.676. The third-order valence-electron chi connectivity index (χ3n) is 2.90. The summed E-state index contributed by atoms with van der Waals surface area (Å²) in [5.74, 6) is 0. The molecule has 104 valence electrons. The van der Waals surface area contributed by atoms with Crippen LogP contribution in [0.25, 0.3) is 0 Å². The summed E-state index contributed by atoms with van der Waals surface area (Å²) < 4.78 is 49.1. The number of nitrogens with zero attached hydrogens (tertiary/aromatic N) is 3. The topological polar surface area (TPSA) is 98.5 Å². The van der Waals surface area contributed by atoms with Crippen LogP contribution < -0.4 is 0 Å². The molecule has 1 fully saturated rings. The fourth-order valence-corrected chi connectivity index (χ4v) is 4.22. The van der Waals surface area contributed by atoms with Gasteiger partial charge in [0, 0.05) is 26.2 Å².